The van der Waals surface area contributed by atoms with Crippen molar-refractivity contribution in [3.63, 3.8) is 0 Å². The fourth-order valence-corrected chi connectivity index (χ4v) is 3.74. The number of pyridine rings is 1. The van der Waals surface area contributed by atoms with Crippen molar-refractivity contribution < 1.29 is 9.53 Å². The van der Waals surface area contributed by atoms with Crippen molar-refractivity contribution in [1.82, 2.24) is 9.55 Å². The minimum atomic E-state index is -0.385. The first kappa shape index (κ1) is 17.5. The Morgan fingerprint density at radius 1 is 1.30 bits per heavy atom. The summed E-state index contributed by atoms with van der Waals surface area (Å²) in [5.41, 5.74) is 3.03. The molecule has 0 spiro atoms. The van der Waals surface area contributed by atoms with Crippen molar-refractivity contribution in [3.05, 3.63) is 63.7 Å². The topological polar surface area (TPSA) is 76.1 Å². The smallest absolute Gasteiger partial charge is 0.263 e. The Balaban J connectivity index is 1.64. The lowest BCUT2D eigenvalue weighted by atomic mass is 10.1. The van der Waals surface area contributed by atoms with Gasteiger partial charge in [0.05, 0.1) is 12.6 Å². The van der Waals surface area contributed by atoms with Crippen LogP contribution in [0.5, 0.6) is 0 Å². The van der Waals surface area contributed by atoms with Crippen LogP contribution in [0.25, 0.3) is 10.9 Å². The van der Waals surface area contributed by atoms with Gasteiger partial charge in [-0.05, 0) is 61.9 Å². The van der Waals surface area contributed by atoms with Crippen LogP contribution in [0.1, 0.15) is 34.5 Å². The molecule has 0 unspecified atom stereocenters. The van der Waals surface area contributed by atoms with E-state index in [1.165, 1.54) is 0 Å². The molecule has 6 nitrogen and oxygen atoms in total. The Morgan fingerprint density at radius 3 is 2.93 bits per heavy atom. The first-order chi connectivity index (χ1) is 13.0. The number of aromatic nitrogens is 2. The van der Waals surface area contributed by atoms with E-state index in [1.54, 1.807) is 11.5 Å². The number of nitrogens with zero attached hydrogens (tertiary/aromatic N) is 1. The molecule has 0 bridgehead atoms. The lowest BCUT2D eigenvalue weighted by molar-refractivity contribution is 0.0947. The molecule has 0 radical (unpaired) electrons. The van der Waals surface area contributed by atoms with Crippen molar-refractivity contribution in [2.75, 3.05) is 11.9 Å². The van der Waals surface area contributed by atoms with Gasteiger partial charge in [0.25, 0.3) is 11.5 Å². The van der Waals surface area contributed by atoms with Gasteiger partial charge in [-0.15, -0.1) is 0 Å². The molecule has 1 aliphatic rings. The summed E-state index contributed by atoms with van der Waals surface area (Å²) in [6.45, 7) is 4.91. The number of hydrogen-bond donors (Lipinski definition) is 2. The van der Waals surface area contributed by atoms with Crippen LogP contribution in [-0.4, -0.2) is 28.2 Å². The van der Waals surface area contributed by atoms with Crippen molar-refractivity contribution in [1.29, 1.82) is 0 Å². The van der Waals surface area contributed by atoms with Gasteiger partial charge in [0.2, 0.25) is 0 Å². The van der Waals surface area contributed by atoms with Crippen LogP contribution >= 0.6 is 0 Å². The molecule has 140 valence electrons. The molecule has 0 aliphatic carbocycles. The van der Waals surface area contributed by atoms with Crippen LogP contribution in [-0.2, 0) is 11.3 Å². The molecule has 1 aliphatic heterocycles. The fraction of sp³-hybridized carbons (Fsp3) is 0.333. The maximum absolute atomic E-state index is 13.0. The minimum absolute atomic E-state index is 0.0373. The summed E-state index contributed by atoms with van der Waals surface area (Å²) in [5.74, 6) is -0.385. The van der Waals surface area contributed by atoms with E-state index in [9.17, 15) is 9.59 Å². The lowest BCUT2D eigenvalue weighted by Gasteiger charge is -2.17. The van der Waals surface area contributed by atoms with E-state index in [0.29, 0.717) is 17.8 Å². The van der Waals surface area contributed by atoms with E-state index < -0.39 is 0 Å². The molecule has 1 saturated heterocycles. The second-order valence-corrected chi connectivity index (χ2v) is 7.13. The number of ether oxygens (including phenoxy) is 1. The Morgan fingerprint density at radius 2 is 2.15 bits per heavy atom. The first-order valence-corrected chi connectivity index (χ1v) is 9.24. The van der Waals surface area contributed by atoms with Crippen LogP contribution in [0, 0.1) is 13.8 Å². The van der Waals surface area contributed by atoms with E-state index >= 15 is 0 Å². The van der Waals surface area contributed by atoms with E-state index in [0.717, 1.165) is 36.0 Å². The zero-order valence-corrected chi connectivity index (χ0v) is 15.5. The monoisotopic (exact) mass is 365 g/mol. The predicted molar refractivity (Wildman–Crippen MR) is 105 cm³/mol. The molecule has 3 heterocycles. The van der Waals surface area contributed by atoms with Crippen molar-refractivity contribution in [2.24, 2.45) is 0 Å². The van der Waals surface area contributed by atoms with Gasteiger partial charge in [-0.25, -0.2) is 0 Å². The summed E-state index contributed by atoms with van der Waals surface area (Å²) in [4.78, 5) is 29.0. The third-order valence-electron chi connectivity index (χ3n) is 5.15. The normalized spacial score (nSPS) is 16.7. The van der Waals surface area contributed by atoms with Crippen molar-refractivity contribution >= 4 is 22.5 Å². The summed E-state index contributed by atoms with van der Waals surface area (Å²) in [6, 6.07) is 9.48. The van der Waals surface area contributed by atoms with Crippen LogP contribution < -0.4 is 10.9 Å². The standard InChI is InChI=1S/C21H23N3O3/c1-13-10-14(2)24(12-17-4-3-9-27-17)21(26)19(13)20(25)23-16-6-5-15-7-8-22-18(15)11-16/h5-8,10-11,17,22H,3-4,9,12H2,1-2H3,(H,23,25)/t17-/m1/s1. The van der Waals surface area contributed by atoms with Gasteiger partial charge in [0.1, 0.15) is 5.56 Å². The highest BCUT2D eigenvalue weighted by Crippen LogP contribution is 2.19. The second kappa shape index (κ2) is 7.04. The Kier molecular flexibility index (Phi) is 4.58. The minimum Gasteiger partial charge on any atom is -0.376 e. The number of aryl methyl sites for hydroxylation is 2. The van der Waals surface area contributed by atoms with Gasteiger partial charge in [-0.3, -0.25) is 9.59 Å². The Hall–Kier alpha value is -2.86. The molecule has 4 rings (SSSR count). The zero-order chi connectivity index (χ0) is 19.0. The van der Waals surface area contributed by atoms with Crippen LogP contribution in [0.4, 0.5) is 5.69 Å². The van der Waals surface area contributed by atoms with Crippen molar-refractivity contribution in [3.8, 4) is 0 Å². The third-order valence-corrected chi connectivity index (χ3v) is 5.15. The molecule has 1 amide bonds. The molecule has 3 aromatic rings. The predicted octanol–water partition coefficient (Wildman–Crippen LogP) is 3.38. The molecular formula is C21H23N3O3. The van der Waals surface area contributed by atoms with E-state index in [-0.39, 0.29) is 23.1 Å². The average Bonchev–Trinajstić information content (AvgIpc) is 3.29. The SMILES string of the molecule is Cc1cc(C)n(C[C@H]2CCCO2)c(=O)c1C(=O)Nc1ccc2cc[nH]c2c1. The van der Waals surface area contributed by atoms with E-state index in [1.807, 2.05) is 43.5 Å². The number of nitrogens with one attached hydrogen (secondary N) is 2. The Bertz CT molecular complexity index is 1060. The van der Waals surface area contributed by atoms with Crippen LogP contribution in [0.15, 0.2) is 41.3 Å². The highest BCUT2D eigenvalue weighted by Gasteiger charge is 2.22. The number of anilines is 1. The van der Waals surface area contributed by atoms with E-state index in [2.05, 4.69) is 10.3 Å². The number of rotatable bonds is 4. The second-order valence-electron chi connectivity index (χ2n) is 7.13. The van der Waals surface area contributed by atoms with E-state index in [4.69, 9.17) is 4.74 Å². The molecule has 27 heavy (non-hydrogen) atoms. The Labute approximate surface area is 157 Å². The molecule has 6 heteroatoms. The number of H-pyrrole nitrogens is 1. The van der Waals surface area contributed by atoms with Crippen molar-refractivity contribution in [2.45, 2.75) is 39.3 Å². The molecule has 2 aromatic heterocycles. The van der Waals surface area contributed by atoms with Gasteiger partial charge >= 0.3 is 0 Å². The largest absolute Gasteiger partial charge is 0.376 e. The highest BCUT2D eigenvalue weighted by atomic mass is 16.5. The molecule has 1 atom stereocenters. The maximum atomic E-state index is 13.0. The fourth-order valence-electron chi connectivity index (χ4n) is 3.74. The number of fused-ring (bicyclic) bond motifs is 1. The maximum Gasteiger partial charge on any atom is 0.263 e. The summed E-state index contributed by atoms with van der Waals surface area (Å²) in [5, 5.41) is 3.93. The van der Waals surface area contributed by atoms with Gasteiger partial charge in [0.15, 0.2) is 0 Å². The number of aromatic amines is 1. The number of hydrogen-bond acceptors (Lipinski definition) is 3. The summed E-state index contributed by atoms with van der Waals surface area (Å²) in [7, 11) is 0. The number of benzene rings is 1. The average molecular weight is 365 g/mol. The van der Waals surface area contributed by atoms with Gasteiger partial charge in [-0.2, -0.15) is 0 Å². The van der Waals surface area contributed by atoms with Gasteiger partial charge < -0.3 is 19.6 Å². The molecule has 1 fully saturated rings. The highest BCUT2D eigenvalue weighted by molar-refractivity contribution is 6.05. The van der Waals surface area contributed by atoms with Gasteiger partial charge in [-0.1, -0.05) is 6.07 Å². The van der Waals surface area contributed by atoms with Crippen LogP contribution in [0.2, 0.25) is 0 Å². The zero-order valence-electron chi connectivity index (χ0n) is 15.5. The summed E-state index contributed by atoms with van der Waals surface area (Å²) in [6.07, 6.45) is 3.84. The summed E-state index contributed by atoms with van der Waals surface area (Å²) >= 11 is 0. The summed E-state index contributed by atoms with van der Waals surface area (Å²) < 4.78 is 7.32. The molecule has 2 N–H and O–H groups in total. The number of carbonyl (C=O) groups excluding carboxylic acids is 1. The number of amides is 1. The molecular weight excluding hydrogens is 342 g/mol. The van der Waals surface area contributed by atoms with Gasteiger partial charge in [0, 0.05) is 29.7 Å². The molecule has 0 saturated carbocycles. The molecule has 1 aromatic carbocycles. The third kappa shape index (κ3) is 3.40. The lowest BCUT2D eigenvalue weighted by Crippen LogP contribution is -2.34. The number of carbonyl (C=O) groups is 1. The van der Waals surface area contributed by atoms with Crippen LogP contribution in [0.3, 0.4) is 0 Å². The first-order valence-electron chi connectivity index (χ1n) is 9.24. The quantitative estimate of drug-likeness (QED) is 0.744.